The van der Waals surface area contributed by atoms with Crippen molar-refractivity contribution in [2.24, 2.45) is 10.9 Å². The Bertz CT molecular complexity index is 819. The van der Waals surface area contributed by atoms with E-state index in [1.54, 1.807) is 0 Å². The van der Waals surface area contributed by atoms with E-state index in [9.17, 15) is 15.3 Å². The van der Waals surface area contributed by atoms with Crippen LogP contribution in [0.4, 0.5) is 0 Å². The average molecular weight is 353 g/mol. The van der Waals surface area contributed by atoms with E-state index in [-0.39, 0.29) is 22.9 Å². The van der Waals surface area contributed by atoms with Crippen LogP contribution in [0, 0.1) is 0 Å². The molecule has 0 saturated carbocycles. The Kier molecular flexibility index (Phi) is 4.24. The third-order valence-corrected chi connectivity index (χ3v) is 4.34. The van der Waals surface area contributed by atoms with Gasteiger partial charge in [-0.2, -0.15) is 0 Å². The quantitative estimate of drug-likeness (QED) is 0.191. The van der Waals surface area contributed by atoms with Gasteiger partial charge in [0.2, 0.25) is 5.88 Å². The third-order valence-electron chi connectivity index (χ3n) is 4.34. The van der Waals surface area contributed by atoms with Gasteiger partial charge in [0, 0.05) is 6.20 Å². The number of fused-ring (bicyclic) bond motifs is 1. The summed E-state index contributed by atoms with van der Waals surface area (Å²) in [5, 5.41) is 42.6. The van der Waals surface area contributed by atoms with Gasteiger partial charge >= 0.3 is 0 Å². The number of hydrogen-bond donors (Lipinski definition) is 5. The molecule has 0 bridgehead atoms. The van der Waals surface area contributed by atoms with Gasteiger partial charge in [-0.1, -0.05) is 5.16 Å². The highest BCUT2D eigenvalue weighted by Crippen LogP contribution is 2.41. The molecule has 11 nitrogen and oxygen atoms in total. The van der Waals surface area contributed by atoms with E-state index in [2.05, 4.69) is 15.1 Å². The minimum atomic E-state index is -1.72. The number of amidine groups is 1. The van der Waals surface area contributed by atoms with Crippen molar-refractivity contribution >= 4 is 16.9 Å². The second-order valence-corrected chi connectivity index (χ2v) is 5.90. The van der Waals surface area contributed by atoms with Gasteiger partial charge in [0.25, 0.3) is 0 Å². The number of aliphatic hydroxyl groups is 3. The van der Waals surface area contributed by atoms with Gasteiger partial charge in [-0.25, -0.2) is 9.97 Å². The molecule has 0 aromatic carbocycles. The van der Waals surface area contributed by atoms with Crippen LogP contribution in [0.5, 0.6) is 5.88 Å². The third kappa shape index (κ3) is 2.48. The molecule has 1 aliphatic rings. The van der Waals surface area contributed by atoms with Crippen LogP contribution >= 0.6 is 0 Å². The minimum Gasteiger partial charge on any atom is -0.480 e. The van der Waals surface area contributed by atoms with E-state index in [4.69, 9.17) is 20.4 Å². The van der Waals surface area contributed by atoms with Crippen LogP contribution in [-0.2, 0) is 4.74 Å². The molecule has 1 unspecified atom stereocenters. The first kappa shape index (κ1) is 17.4. The molecular weight excluding hydrogens is 334 g/mol. The SMILES string of the molecule is COc1ncnc2c1c(/C(N)=N\O)cn2C1O[C@H](CO)[C@@H](O)[C@@]1(C)O. The van der Waals surface area contributed by atoms with Crippen molar-refractivity contribution in [3.05, 3.63) is 18.1 Å². The predicted molar refractivity (Wildman–Crippen MR) is 84.2 cm³/mol. The lowest BCUT2D eigenvalue weighted by atomic mass is 9.96. The largest absolute Gasteiger partial charge is 0.480 e. The zero-order valence-electron chi connectivity index (χ0n) is 13.6. The lowest BCUT2D eigenvalue weighted by Crippen LogP contribution is -2.44. The molecule has 0 radical (unpaired) electrons. The molecule has 1 saturated heterocycles. The van der Waals surface area contributed by atoms with Crippen molar-refractivity contribution in [2.75, 3.05) is 13.7 Å². The second kappa shape index (κ2) is 6.11. The van der Waals surface area contributed by atoms with Gasteiger partial charge in [0.1, 0.15) is 29.8 Å². The second-order valence-electron chi connectivity index (χ2n) is 5.90. The number of aliphatic hydroxyl groups excluding tert-OH is 2. The zero-order valence-corrected chi connectivity index (χ0v) is 13.6. The molecule has 6 N–H and O–H groups in total. The monoisotopic (exact) mass is 353 g/mol. The first-order valence-electron chi connectivity index (χ1n) is 7.41. The number of nitrogens with two attached hydrogens (primary N) is 1. The first-order chi connectivity index (χ1) is 11.9. The fraction of sp³-hybridized carbons (Fsp3) is 0.500. The maximum atomic E-state index is 10.7. The van der Waals surface area contributed by atoms with Crippen molar-refractivity contribution in [1.29, 1.82) is 0 Å². The molecule has 25 heavy (non-hydrogen) atoms. The molecule has 11 heteroatoms. The molecule has 1 fully saturated rings. The van der Waals surface area contributed by atoms with Crippen LogP contribution in [0.25, 0.3) is 11.0 Å². The van der Waals surface area contributed by atoms with E-state index in [0.29, 0.717) is 5.39 Å². The van der Waals surface area contributed by atoms with Gasteiger partial charge in [-0.3, -0.25) is 0 Å². The predicted octanol–water partition coefficient (Wildman–Crippen LogP) is -1.46. The van der Waals surface area contributed by atoms with Crippen LogP contribution in [-0.4, -0.2) is 72.4 Å². The van der Waals surface area contributed by atoms with Crippen molar-refractivity contribution in [3.8, 4) is 5.88 Å². The maximum Gasteiger partial charge on any atom is 0.226 e. The first-order valence-corrected chi connectivity index (χ1v) is 7.41. The van der Waals surface area contributed by atoms with Crippen LogP contribution in [0.3, 0.4) is 0 Å². The number of rotatable bonds is 4. The van der Waals surface area contributed by atoms with E-state index in [0.717, 1.165) is 0 Å². The smallest absolute Gasteiger partial charge is 0.226 e. The molecule has 4 atom stereocenters. The standard InChI is InChI=1S/C14H19N5O6/c1-14(22)9(21)7(4-20)25-13(14)19-3-6(10(15)18-23)8-11(19)16-5-17-12(8)24-2/h3,5,7,9,13,20-23H,4H2,1-2H3,(H2,15,18)/t7-,9-,13?,14-/m1/s1. The molecule has 2 aromatic rings. The van der Waals surface area contributed by atoms with Gasteiger partial charge in [0.05, 0.1) is 24.7 Å². The number of methoxy groups -OCH3 is 1. The van der Waals surface area contributed by atoms with Crippen LogP contribution in [0.1, 0.15) is 18.7 Å². The summed E-state index contributed by atoms with van der Waals surface area (Å²) in [6.45, 7) is 0.907. The Balaban J connectivity index is 2.24. The summed E-state index contributed by atoms with van der Waals surface area (Å²) in [7, 11) is 1.41. The lowest BCUT2D eigenvalue weighted by molar-refractivity contribution is -0.0948. The fourth-order valence-corrected chi connectivity index (χ4v) is 3.03. The molecular formula is C14H19N5O6. The summed E-state index contributed by atoms with van der Waals surface area (Å²) in [6, 6.07) is 0. The summed E-state index contributed by atoms with van der Waals surface area (Å²) in [6.07, 6.45) is -0.689. The highest BCUT2D eigenvalue weighted by Gasteiger charge is 2.53. The number of hydrogen-bond acceptors (Lipinski definition) is 9. The minimum absolute atomic E-state index is 0.183. The molecule has 0 spiro atoms. The Morgan fingerprint density at radius 1 is 1.52 bits per heavy atom. The molecule has 3 heterocycles. The molecule has 2 aromatic heterocycles. The number of oxime groups is 1. The Labute approximate surface area is 141 Å². The van der Waals surface area contributed by atoms with E-state index >= 15 is 0 Å². The Morgan fingerprint density at radius 3 is 2.80 bits per heavy atom. The van der Waals surface area contributed by atoms with Gasteiger partial charge in [0.15, 0.2) is 12.1 Å². The average Bonchev–Trinajstić information content (AvgIpc) is 3.10. The van der Waals surface area contributed by atoms with E-state index < -0.39 is 30.6 Å². The van der Waals surface area contributed by atoms with Crippen molar-refractivity contribution < 1.29 is 30.0 Å². The summed E-state index contributed by atoms with van der Waals surface area (Å²) in [5.41, 5.74) is 4.55. The highest BCUT2D eigenvalue weighted by molar-refractivity contribution is 6.09. The zero-order chi connectivity index (χ0) is 18.4. The van der Waals surface area contributed by atoms with Crippen LogP contribution in [0.2, 0.25) is 0 Å². The highest BCUT2D eigenvalue weighted by atomic mass is 16.6. The topological polar surface area (TPSA) is 168 Å². The molecule has 0 aliphatic carbocycles. The van der Waals surface area contributed by atoms with Crippen LogP contribution in [0.15, 0.2) is 17.7 Å². The van der Waals surface area contributed by atoms with Gasteiger partial charge in [-0.15, -0.1) is 0 Å². The summed E-state index contributed by atoms with van der Waals surface area (Å²) >= 11 is 0. The van der Waals surface area contributed by atoms with E-state index in [1.807, 2.05) is 0 Å². The number of ether oxygens (including phenoxy) is 2. The van der Waals surface area contributed by atoms with Gasteiger partial charge < -0.3 is 40.3 Å². The molecule has 136 valence electrons. The fourth-order valence-electron chi connectivity index (χ4n) is 3.03. The normalized spacial score (nSPS) is 30.1. The summed E-state index contributed by atoms with van der Waals surface area (Å²) in [4.78, 5) is 8.15. The molecule has 0 amide bonds. The Morgan fingerprint density at radius 2 is 2.24 bits per heavy atom. The number of aromatic nitrogens is 3. The summed E-state index contributed by atoms with van der Waals surface area (Å²) < 4.78 is 12.2. The summed E-state index contributed by atoms with van der Waals surface area (Å²) in [5.74, 6) is -0.0315. The van der Waals surface area contributed by atoms with Crippen molar-refractivity contribution in [2.45, 2.75) is 31.0 Å². The molecule has 1 aliphatic heterocycles. The number of nitrogens with zero attached hydrogens (tertiary/aromatic N) is 4. The van der Waals surface area contributed by atoms with Gasteiger partial charge in [-0.05, 0) is 6.92 Å². The van der Waals surface area contributed by atoms with Crippen molar-refractivity contribution in [3.63, 3.8) is 0 Å². The van der Waals surface area contributed by atoms with Crippen molar-refractivity contribution in [1.82, 2.24) is 14.5 Å². The maximum absolute atomic E-state index is 10.7. The lowest BCUT2D eigenvalue weighted by Gasteiger charge is -2.27. The van der Waals surface area contributed by atoms with E-state index in [1.165, 1.54) is 31.1 Å². The molecule has 3 rings (SSSR count). The van der Waals surface area contributed by atoms with Crippen LogP contribution < -0.4 is 10.5 Å². The Hall–Kier alpha value is -2.47.